The molecule has 0 saturated heterocycles. The molecule has 0 saturated carbocycles. The molecule has 0 aliphatic rings. The highest BCUT2D eigenvalue weighted by Crippen LogP contribution is 2.40. The molecule has 0 amide bonds. The lowest BCUT2D eigenvalue weighted by Crippen LogP contribution is -1.97. The quantitative estimate of drug-likeness (QED) is 0.168. The first-order valence-corrected chi connectivity index (χ1v) is 18.7. The van der Waals surface area contributed by atoms with E-state index in [1.54, 1.807) is 0 Å². The Morgan fingerprint density at radius 2 is 0.727 bits per heavy atom. The van der Waals surface area contributed by atoms with Crippen molar-refractivity contribution in [3.63, 3.8) is 0 Å². The first-order valence-electron chi connectivity index (χ1n) is 18.7. The van der Waals surface area contributed by atoms with Crippen LogP contribution < -0.4 is 0 Å². The fourth-order valence-corrected chi connectivity index (χ4v) is 8.17. The van der Waals surface area contributed by atoms with Gasteiger partial charge in [-0.15, -0.1) is 0 Å². The van der Waals surface area contributed by atoms with Crippen molar-refractivity contribution in [3.05, 3.63) is 194 Å². The predicted molar refractivity (Wildman–Crippen MR) is 229 cm³/mol. The van der Waals surface area contributed by atoms with Crippen LogP contribution in [0.5, 0.6) is 0 Å². The number of benzene rings is 9. The number of nitrogens with zero attached hydrogens (tertiary/aromatic N) is 2. The summed E-state index contributed by atoms with van der Waals surface area (Å²) in [6, 6.07) is 68.4. The van der Waals surface area contributed by atoms with Gasteiger partial charge in [0, 0.05) is 38.2 Å². The minimum absolute atomic E-state index is 0.873. The molecule has 2 heterocycles. The molecule has 3 nitrogen and oxygen atoms in total. The normalized spacial score (nSPS) is 11.6. The van der Waals surface area contributed by atoms with Crippen molar-refractivity contribution in [1.82, 2.24) is 9.97 Å². The molecule has 11 rings (SSSR count). The molecule has 256 valence electrons. The largest absolute Gasteiger partial charge is 0.455 e. The Hall–Kier alpha value is -7.36. The van der Waals surface area contributed by atoms with Gasteiger partial charge in [0.15, 0.2) is 0 Å². The van der Waals surface area contributed by atoms with Gasteiger partial charge in [0.1, 0.15) is 11.2 Å². The van der Waals surface area contributed by atoms with E-state index in [2.05, 4.69) is 176 Å². The molecular formula is C52H32N2O. The second kappa shape index (κ2) is 12.6. The average Bonchev–Trinajstić information content (AvgIpc) is 3.66. The molecule has 3 heteroatoms. The fraction of sp³-hybridized carbons (Fsp3) is 0. The van der Waals surface area contributed by atoms with Crippen LogP contribution in [-0.4, -0.2) is 9.97 Å². The Morgan fingerprint density at radius 3 is 1.35 bits per heavy atom. The number of hydrogen-bond acceptors (Lipinski definition) is 3. The molecule has 0 radical (unpaired) electrons. The van der Waals surface area contributed by atoms with Gasteiger partial charge in [-0.05, 0) is 50.7 Å². The van der Waals surface area contributed by atoms with Gasteiger partial charge < -0.3 is 4.42 Å². The van der Waals surface area contributed by atoms with Crippen LogP contribution in [0, 0.1) is 0 Å². The van der Waals surface area contributed by atoms with Crippen molar-refractivity contribution in [2.45, 2.75) is 0 Å². The summed E-state index contributed by atoms with van der Waals surface area (Å²) in [4.78, 5) is 10.9. The van der Waals surface area contributed by atoms with Gasteiger partial charge in [0.25, 0.3) is 0 Å². The molecule has 0 aliphatic heterocycles. The van der Waals surface area contributed by atoms with Crippen LogP contribution in [0.3, 0.4) is 0 Å². The Morgan fingerprint density at radius 1 is 0.291 bits per heavy atom. The highest BCUT2D eigenvalue weighted by Gasteiger charge is 2.18. The summed E-state index contributed by atoms with van der Waals surface area (Å²) in [5, 5.41) is 6.88. The fourth-order valence-electron chi connectivity index (χ4n) is 8.17. The zero-order chi connectivity index (χ0) is 36.3. The van der Waals surface area contributed by atoms with Gasteiger partial charge in [0.05, 0.1) is 22.4 Å². The van der Waals surface area contributed by atoms with Crippen molar-refractivity contribution in [1.29, 1.82) is 0 Å². The number of furan rings is 1. The molecule has 0 atom stereocenters. The lowest BCUT2D eigenvalue weighted by atomic mass is 9.95. The topological polar surface area (TPSA) is 38.9 Å². The second-order valence-electron chi connectivity index (χ2n) is 14.1. The summed E-state index contributed by atoms with van der Waals surface area (Å²) in [6.07, 6.45) is 0. The van der Waals surface area contributed by atoms with Crippen molar-refractivity contribution < 1.29 is 4.42 Å². The van der Waals surface area contributed by atoms with Crippen LogP contribution in [0.1, 0.15) is 0 Å². The number of hydrogen-bond donors (Lipinski definition) is 0. The maximum Gasteiger partial charge on any atom is 0.143 e. The third-order valence-electron chi connectivity index (χ3n) is 10.9. The summed E-state index contributed by atoms with van der Waals surface area (Å²) in [7, 11) is 0. The molecule has 0 N–H and O–H groups in total. The van der Waals surface area contributed by atoms with Crippen LogP contribution >= 0.6 is 0 Å². The summed E-state index contributed by atoms with van der Waals surface area (Å²) >= 11 is 0. The number of rotatable bonds is 5. The molecule has 2 aromatic heterocycles. The van der Waals surface area contributed by atoms with Crippen LogP contribution in [0.15, 0.2) is 199 Å². The van der Waals surface area contributed by atoms with E-state index in [1.165, 1.54) is 16.3 Å². The lowest BCUT2D eigenvalue weighted by Gasteiger charge is -2.15. The SMILES string of the molecule is c1ccc(-c2nc3c4ccccc4c4ccccc4c3nc2-c2ccc(-c3cccc(-c4ccc(-c5cccc6c5oc5ccccc56)cc4)c3)cc2)cc1. The zero-order valence-corrected chi connectivity index (χ0v) is 29.8. The molecule has 0 spiro atoms. The number of aromatic nitrogens is 2. The van der Waals surface area contributed by atoms with Crippen LogP contribution in [-0.2, 0) is 0 Å². The molecule has 0 bridgehead atoms. The Labute approximate surface area is 317 Å². The molecule has 55 heavy (non-hydrogen) atoms. The second-order valence-corrected chi connectivity index (χ2v) is 14.1. The van der Waals surface area contributed by atoms with E-state index in [-0.39, 0.29) is 0 Å². The lowest BCUT2D eigenvalue weighted by molar-refractivity contribution is 0.670. The molecule has 9 aromatic carbocycles. The Kier molecular flexibility index (Phi) is 7.17. The van der Waals surface area contributed by atoms with Crippen molar-refractivity contribution in [3.8, 4) is 55.9 Å². The monoisotopic (exact) mass is 700 g/mol. The van der Waals surface area contributed by atoms with Crippen LogP contribution in [0.25, 0.3) is 110 Å². The smallest absolute Gasteiger partial charge is 0.143 e. The summed E-state index contributed by atoms with van der Waals surface area (Å²) in [6.45, 7) is 0. The van der Waals surface area contributed by atoms with Crippen molar-refractivity contribution in [2.24, 2.45) is 0 Å². The van der Waals surface area contributed by atoms with E-state index in [9.17, 15) is 0 Å². The number of para-hydroxylation sites is 2. The summed E-state index contributed by atoms with van der Waals surface area (Å²) in [5.41, 5.74) is 14.4. The first-order chi connectivity index (χ1) is 27.3. The van der Waals surface area contributed by atoms with Gasteiger partial charge >= 0.3 is 0 Å². The van der Waals surface area contributed by atoms with E-state index < -0.39 is 0 Å². The van der Waals surface area contributed by atoms with Gasteiger partial charge in [-0.3, -0.25) is 0 Å². The van der Waals surface area contributed by atoms with E-state index in [0.29, 0.717) is 0 Å². The highest BCUT2D eigenvalue weighted by atomic mass is 16.3. The third kappa shape index (κ3) is 5.20. The van der Waals surface area contributed by atoms with E-state index in [1.807, 2.05) is 18.2 Å². The van der Waals surface area contributed by atoms with E-state index in [0.717, 1.165) is 94.1 Å². The highest BCUT2D eigenvalue weighted by molar-refractivity contribution is 6.23. The molecule has 0 fully saturated rings. The summed E-state index contributed by atoms with van der Waals surface area (Å²) < 4.78 is 6.33. The molecule has 0 aliphatic carbocycles. The minimum atomic E-state index is 0.873. The third-order valence-corrected chi connectivity index (χ3v) is 10.9. The predicted octanol–water partition coefficient (Wildman–Crippen LogP) is 14.2. The summed E-state index contributed by atoms with van der Waals surface area (Å²) in [5.74, 6) is 0. The maximum absolute atomic E-state index is 6.33. The standard InChI is InChI=1S/C52H32N2O/c1-2-12-36(13-3-1)48-49(54-51-45-20-7-5-17-42(45)41-16-4-6-19-44(41)50(51)53-48)37-30-26-34(27-31-37)39-15-10-14-38(32-39)33-24-28-35(29-25-33)40-21-11-22-46-43-18-8-9-23-47(43)55-52(40)46/h1-32H. The van der Waals surface area contributed by atoms with Gasteiger partial charge in [-0.2, -0.15) is 0 Å². The van der Waals surface area contributed by atoms with Crippen LogP contribution in [0.2, 0.25) is 0 Å². The van der Waals surface area contributed by atoms with Gasteiger partial charge in [0.2, 0.25) is 0 Å². The van der Waals surface area contributed by atoms with Crippen LogP contribution in [0.4, 0.5) is 0 Å². The molecular weight excluding hydrogens is 669 g/mol. The minimum Gasteiger partial charge on any atom is -0.455 e. The van der Waals surface area contributed by atoms with Crippen molar-refractivity contribution in [2.75, 3.05) is 0 Å². The number of fused-ring (bicyclic) bond motifs is 9. The maximum atomic E-state index is 6.33. The zero-order valence-electron chi connectivity index (χ0n) is 29.8. The van der Waals surface area contributed by atoms with Gasteiger partial charge in [-0.1, -0.05) is 182 Å². The van der Waals surface area contributed by atoms with E-state index in [4.69, 9.17) is 14.4 Å². The first kappa shape index (κ1) is 31.2. The Balaban J connectivity index is 0.965. The molecule has 11 aromatic rings. The van der Waals surface area contributed by atoms with Crippen molar-refractivity contribution >= 4 is 54.5 Å². The van der Waals surface area contributed by atoms with Gasteiger partial charge in [-0.25, -0.2) is 9.97 Å². The Bertz CT molecular complexity index is 3230. The average molecular weight is 701 g/mol. The molecule has 0 unspecified atom stereocenters. The van der Waals surface area contributed by atoms with E-state index >= 15 is 0 Å².